The van der Waals surface area contributed by atoms with Crippen molar-refractivity contribution < 1.29 is 23.5 Å². The van der Waals surface area contributed by atoms with Gasteiger partial charge in [-0.3, -0.25) is 9.59 Å². The number of nitrogens with zero attached hydrogens (tertiary/aromatic N) is 3. The Kier molecular flexibility index (Phi) is 7.09. The van der Waals surface area contributed by atoms with Crippen LogP contribution in [0.5, 0.6) is 11.5 Å². The number of carbonyl (C=O) groups excluding carboxylic acids is 2. The number of aromatic nitrogens is 2. The van der Waals surface area contributed by atoms with Crippen molar-refractivity contribution in [1.29, 1.82) is 0 Å². The standard InChI is InChI=1S/C25H26FN5O4/c1-4-16-11-21(32)31(30-22(16)18-9-10-19(26)24(35-3)23(18)34-2)13-15-5-7-17(8-6-15)29-25(33)20-12-27-14-28-20/h5-10,12,14,16H,4,11,13H2,1-3H3,(H,27,28)(H,29,33). The lowest BCUT2D eigenvalue weighted by Crippen LogP contribution is -2.37. The molecule has 2 amide bonds. The van der Waals surface area contributed by atoms with Crippen LogP contribution in [0.1, 0.15) is 41.4 Å². The highest BCUT2D eigenvalue weighted by molar-refractivity contribution is 6.08. The van der Waals surface area contributed by atoms with Crippen LogP contribution in [0.15, 0.2) is 54.0 Å². The molecule has 2 N–H and O–H groups in total. The summed E-state index contributed by atoms with van der Waals surface area (Å²) in [5, 5.41) is 8.85. The number of hydrazone groups is 1. The number of amides is 2. The summed E-state index contributed by atoms with van der Waals surface area (Å²) in [7, 11) is 2.82. The lowest BCUT2D eigenvalue weighted by Gasteiger charge is -2.30. The van der Waals surface area contributed by atoms with Gasteiger partial charge in [0.1, 0.15) is 5.69 Å². The maximum absolute atomic E-state index is 14.2. The Hall–Kier alpha value is -4.21. The van der Waals surface area contributed by atoms with Gasteiger partial charge in [-0.2, -0.15) is 5.10 Å². The highest BCUT2D eigenvalue weighted by Gasteiger charge is 2.32. The van der Waals surface area contributed by atoms with E-state index in [-0.39, 0.29) is 42.2 Å². The summed E-state index contributed by atoms with van der Waals surface area (Å²) in [5.41, 5.74) is 3.03. The molecule has 3 aromatic rings. The number of imidazole rings is 1. The monoisotopic (exact) mass is 479 g/mol. The van der Waals surface area contributed by atoms with Crippen LogP contribution in [-0.4, -0.2) is 46.7 Å². The van der Waals surface area contributed by atoms with Crippen LogP contribution in [0, 0.1) is 11.7 Å². The Balaban J connectivity index is 1.58. The third-order valence-electron chi connectivity index (χ3n) is 5.85. The zero-order valence-corrected chi connectivity index (χ0v) is 19.7. The van der Waals surface area contributed by atoms with Crippen molar-refractivity contribution in [2.24, 2.45) is 11.0 Å². The van der Waals surface area contributed by atoms with Gasteiger partial charge in [-0.15, -0.1) is 0 Å². The third-order valence-corrected chi connectivity index (χ3v) is 5.85. The van der Waals surface area contributed by atoms with E-state index < -0.39 is 5.82 Å². The fourth-order valence-electron chi connectivity index (χ4n) is 3.99. The topological polar surface area (TPSA) is 109 Å². The zero-order valence-electron chi connectivity index (χ0n) is 19.7. The maximum Gasteiger partial charge on any atom is 0.273 e. The number of methoxy groups -OCH3 is 2. The molecule has 1 aliphatic heterocycles. The minimum atomic E-state index is -0.537. The number of halogens is 1. The molecule has 0 spiro atoms. The summed E-state index contributed by atoms with van der Waals surface area (Å²) in [6.07, 6.45) is 3.84. The Morgan fingerprint density at radius 3 is 2.54 bits per heavy atom. The lowest BCUT2D eigenvalue weighted by atomic mass is 9.89. The highest BCUT2D eigenvalue weighted by Crippen LogP contribution is 2.37. The van der Waals surface area contributed by atoms with Crippen LogP contribution < -0.4 is 14.8 Å². The molecular weight excluding hydrogens is 453 g/mol. The molecule has 182 valence electrons. The lowest BCUT2D eigenvalue weighted by molar-refractivity contribution is -0.133. The molecule has 1 aromatic heterocycles. The van der Waals surface area contributed by atoms with Crippen LogP contribution in [0.2, 0.25) is 0 Å². The maximum atomic E-state index is 14.2. The van der Waals surface area contributed by atoms with Crippen molar-refractivity contribution >= 4 is 23.2 Å². The van der Waals surface area contributed by atoms with E-state index in [1.807, 2.05) is 19.1 Å². The SMILES string of the molecule is CCC1CC(=O)N(Cc2ccc(NC(=O)c3cnc[nH]3)cc2)N=C1c1ccc(F)c(OC)c1OC. The molecule has 0 radical (unpaired) electrons. The molecule has 0 aliphatic carbocycles. The van der Waals surface area contributed by atoms with Crippen molar-refractivity contribution in [1.82, 2.24) is 15.0 Å². The van der Waals surface area contributed by atoms with E-state index in [0.29, 0.717) is 29.1 Å². The Morgan fingerprint density at radius 2 is 1.91 bits per heavy atom. The van der Waals surface area contributed by atoms with Crippen LogP contribution in [0.3, 0.4) is 0 Å². The molecule has 35 heavy (non-hydrogen) atoms. The van der Waals surface area contributed by atoms with Crippen molar-refractivity contribution in [2.75, 3.05) is 19.5 Å². The van der Waals surface area contributed by atoms with Crippen LogP contribution in [0.4, 0.5) is 10.1 Å². The largest absolute Gasteiger partial charge is 0.492 e. The molecule has 1 unspecified atom stereocenters. The van der Waals surface area contributed by atoms with Gasteiger partial charge in [-0.1, -0.05) is 19.1 Å². The number of aromatic amines is 1. The van der Waals surface area contributed by atoms with Gasteiger partial charge in [-0.25, -0.2) is 14.4 Å². The molecule has 0 bridgehead atoms. The smallest absolute Gasteiger partial charge is 0.273 e. The number of rotatable bonds is 8. The minimum absolute atomic E-state index is 0.00114. The molecule has 0 saturated carbocycles. The fourth-order valence-corrected chi connectivity index (χ4v) is 3.99. The van der Waals surface area contributed by atoms with Gasteiger partial charge >= 0.3 is 0 Å². The molecule has 0 fully saturated rings. The van der Waals surface area contributed by atoms with Crippen LogP contribution >= 0.6 is 0 Å². The summed E-state index contributed by atoms with van der Waals surface area (Å²) in [6.45, 7) is 2.22. The van der Waals surface area contributed by atoms with Crippen LogP contribution in [-0.2, 0) is 11.3 Å². The normalized spacial score (nSPS) is 15.5. The highest BCUT2D eigenvalue weighted by atomic mass is 19.1. The second-order valence-corrected chi connectivity index (χ2v) is 8.02. The number of carbonyl (C=O) groups is 2. The summed E-state index contributed by atoms with van der Waals surface area (Å²) >= 11 is 0. The van der Waals surface area contributed by atoms with Gasteiger partial charge in [0.05, 0.1) is 39.0 Å². The van der Waals surface area contributed by atoms with Gasteiger partial charge in [-0.05, 0) is 36.2 Å². The number of anilines is 1. The first-order chi connectivity index (χ1) is 16.9. The Morgan fingerprint density at radius 1 is 1.17 bits per heavy atom. The quantitative estimate of drug-likeness (QED) is 0.508. The average Bonchev–Trinajstić information content (AvgIpc) is 3.41. The summed E-state index contributed by atoms with van der Waals surface area (Å²) in [6, 6.07) is 10.1. The van der Waals surface area contributed by atoms with Crippen molar-refractivity contribution in [3.63, 3.8) is 0 Å². The number of nitrogens with one attached hydrogen (secondary N) is 2. The number of ether oxygens (including phenoxy) is 2. The molecule has 10 heteroatoms. The van der Waals surface area contributed by atoms with Gasteiger partial charge in [0.15, 0.2) is 17.3 Å². The second kappa shape index (κ2) is 10.4. The van der Waals surface area contributed by atoms with E-state index >= 15 is 0 Å². The first kappa shape index (κ1) is 23.9. The van der Waals surface area contributed by atoms with Crippen molar-refractivity contribution in [3.05, 3.63) is 71.6 Å². The van der Waals surface area contributed by atoms with Gasteiger partial charge < -0.3 is 19.8 Å². The summed E-state index contributed by atoms with van der Waals surface area (Å²) < 4.78 is 24.9. The van der Waals surface area contributed by atoms with Crippen molar-refractivity contribution in [3.8, 4) is 11.5 Å². The molecule has 2 aromatic carbocycles. The summed E-state index contributed by atoms with van der Waals surface area (Å²) in [5.74, 6) is -0.835. The van der Waals surface area contributed by atoms with Gasteiger partial charge in [0.2, 0.25) is 5.91 Å². The number of benzene rings is 2. The number of hydrogen-bond acceptors (Lipinski definition) is 6. The molecule has 9 nitrogen and oxygen atoms in total. The first-order valence-corrected chi connectivity index (χ1v) is 11.1. The molecular formula is C25H26FN5O4. The van der Waals surface area contributed by atoms with E-state index in [4.69, 9.17) is 9.47 Å². The minimum Gasteiger partial charge on any atom is -0.492 e. The molecule has 1 aliphatic rings. The third kappa shape index (κ3) is 5.01. The average molecular weight is 480 g/mol. The Labute approximate surface area is 202 Å². The van der Waals surface area contributed by atoms with Crippen LogP contribution in [0.25, 0.3) is 0 Å². The number of H-pyrrole nitrogens is 1. The second-order valence-electron chi connectivity index (χ2n) is 8.02. The first-order valence-electron chi connectivity index (χ1n) is 11.1. The van der Waals surface area contributed by atoms with E-state index in [1.165, 1.54) is 37.8 Å². The van der Waals surface area contributed by atoms with E-state index in [1.54, 1.807) is 18.2 Å². The fraction of sp³-hybridized carbons (Fsp3) is 0.280. The predicted octanol–water partition coefficient (Wildman–Crippen LogP) is 3.98. The number of hydrogen-bond donors (Lipinski definition) is 2. The molecule has 0 saturated heterocycles. The zero-order chi connectivity index (χ0) is 24.9. The van der Waals surface area contributed by atoms with Gasteiger partial charge in [0.25, 0.3) is 5.91 Å². The van der Waals surface area contributed by atoms with Crippen molar-refractivity contribution in [2.45, 2.75) is 26.3 Å². The van der Waals surface area contributed by atoms with E-state index in [0.717, 1.165) is 5.56 Å². The van der Waals surface area contributed by atoms with E-state index in [9.17, 15) is 14.0 Å². The Bertz CT molecular complexity index is 1240. The molecule has 2 heterocycles. The molecule has 4 rings (SSSR count). The van der Waals surface area contributed by atoms with Gasteiger partial charge in [0, 0.05) is 23.6 Å². The predicted molar refractivity (Wildman–Crippen MR) is 128 cm³/mol. The molecule has 1 atom stereocenters. The van der Waals surface area contributed by atoms with E-state index in [2.05, 4.69) is 20.4 Å². The summed E-state index contributed by atoms with van der Waals surface area (Å²) in [4.78, 5) is 31.6.